The van der Waals surface area contributed by atoms with Gasteiger partial charge in [-0.2, -0.15) is 4.98 Å². The Morgan fingerprint density at radius 3 is 2.71 bits per heavy atom. The third-order valence-electron chi connectivity index (χ3n) is 5.24. The van der Waals surface area contributed by atoms with Gasteiger partial charge in [-0.1, -0.05) is 29.4 Å². The SMILES string of the molecule is O=c1cc(-c2nc([C@]3(c4ccc(F)cc4)CCOC3)no2)[nH]c2ccccc12. The van der Waals surface area contributed by atoms with Crippen LogP contribution in [0.5, 0.6) is 0 Å². The number of para-hydroxylation sites is 1. The summed E-state index contributed by atoms with van der Waals surface area (Å²) in [4.78, 5) is 20.1. The largest absolute Gasteiger partial charge is 0.380 e. The second-order valence-electron chi connectivity index (χ2n) is 6.91. The zero-order chi connectivity index (χ0) is 19.1. The summed E-state index contributed by atoms with van der Waals surface area (Å²) in [5, 5.41) is 4.77. The van der Waals surface area contributed by atoms with Crippen LogP contribution in [0, 0.1) is 5.82 Å². The Kier molecular flexibility index (Phi) is 3.84. The van der Waals surface area contributed by atoms with Gasteiger partial charge in [-0.25, -0.2) is 4.39 Å². The van der Waals surface area contributed by atoms with Crippen LogP contribution in [0.4, 0.5) is 4.39 Å². The van der Waals surface area contributed by atoms with Crippen molar-refractivity contribution < 1.29 is 13.7 Å². The Labute approximate surface area is 159 Å². The lowest BCUT2D eigenvalue weighted by Gasteiger charge is -2.23. The van der Waals surface area contributed by atoms with Crippen LogP contribution >= 0.6 is 0 Å². The normalized spacial score (nSPS) is 19.3. The number of hydrogen-bond acceptors (Lipinski definition) is 5. The number of H-pyrrole nitrogens is 1. The summed E-state index contributed by atoms with van der Waals surface area (Å²) in [5.74, 6) is 0.382. The zero-order valence-electron chi connectivity index (χ0n) is 14.8. The lowest BCUT2D eigenvalue weighted by molar-refractivity contribution is 0.182. The Morgan fingerprint density at radius 1 is 1.11 bits per heavy atom. The number of rotatable bonds is 3. The topological polar surface area (TPSA) is 81.0 Å². The summed E-state index contributed by atoms with van der Waals surface area (Å²) < 4.78 is 24.5. The molecule has 1 saturated heterocycles. The van der Waals surface area contributed by atoms with Crippen molar-refractivity contribution in [3.63, 3.8) is 0 Å². The molecule has 1 N–H and O–H groups in total. The maximum absolute atomic E-state index is 13.4. The first-order chi connectivity index (χ1) is 13.7. The highest BCUT2D eigenvalue weighted by Crippen LogP contribution is 2.39. The molecule has 2 aromatic heterocycles. The molecule has 0 amide bonds. The third-order valence-corrected chi connectivity index (χ3v) is 5.24. The van der Waals surface area contributed by atoms with Gasteiger partial charge in [0.2, 0.25) is 0 Å². The molecule has 140 valence electrons. The number of aromatic nitrogens is 3. The Morgan fingerprint density at radius 2 is 1.93 bits per heavy atom. The van der Waals surface area contributed by atoms with Gasteiger partial charge in [0.05, 0.1) is 12.0 Å². The van der Waals surface area contributed by atoms with E-state index < -0.39 is 5.41 Å². The van der Waals surface area contributed by atoms with Crippen molar-refractivity contribution in [3.05, 3.63) is 82.0 Å². The summed E-state index contributed by atoms with van der Waals surface area (Å²) in [6.07, 6.45) is 0.659. The molecular formula is C21H16FN3O3. The van der Waals surface area contributed by atoms with Crippen LogP contribution in [0.3, 0.4) is 0 Å². The van der Waals surface area contributed by atoms with E-state index in [4.69, 9.17) is 9.26 Å². The lowest BCUT2D eigenvalue weighted by atomic mass is 9.79. The van der Waals surface area contributed by atoms with E-state index in [0.717, 1.165) is 5.56 Å². The van der Waals surface area contributed by atoms with Crippen LogP contribution in [0.2, 0.25) is 0 Å². The number of hydrogen-bond donors (Lipinski definition) is 1. The summed E-state index contributed by atoms with van der Waals surface area (Å²) >= 11 is 0. The number of fused-ring (bicyclic) bond motifs is 1. The predicted octanol–water partition coefficient (Wildman–Crippen LogP) is 3.42. The van der Waals surface area contributed by atoms with E-state index in [0.29, 0.717) is 42.1 Å². The van der Waals surface area contributed by atoms with E-state index in [2.05, 4.69) is 15.1 Å². The first-order valence-electron chi connectivity index (χ1n) is 8.96. The predicted molar refractivity (Wildman–Crippen MR) is 100 cm³/mol. The maximum Gasteiger partial charge on any atom is 0.274 e. The molecule has 5 rings (SSSR count). The maximum atomic E-state index is 13.4. The number of nitrogens with zero attached hydrogens (tertiary/aromatic N) is 2. The molecule has 1 fully saturated rings. The number of benzene rings is 2. The third kappa shape index (κ3) is 2.63. The van der Waals surface area contributed by atoms with Crippen molar-refractivity contribution in [2.45, 2.75) is 11.8 Å². The monoisotopic (exact) mass is 377 g/mol. The van der Waals surface area contributed by atoms with E-state index in [1.807, 2.05) is 18.2 Å². The van der Waals surface area contributed by atoms with Crippen LogP contribution in [0.15, 0.2) is 63.9 Å². The molecule has 0 spiro atoms. The molecule has 1 aliphatic heterocycles. The van der Waals surface area contributed by atoms with Crippen molar-refractivity contribution in [3.8, 4) is 11.6 Å². The number of nitrogens with one attached hydrogen (secondary N) is 1. The number of halogens is 1. The Balaban J connectivity index is 1.60. The van der Waals surface area contributed by atoms with Crippen molar-refractivity contribution in [2.75, 3.05) is 13.2 Å². The fourth-order valence-corrected chi connectivity index (χ4v) is 3.71. The minimum absolute atomic E-state index is 0.124. The van der Waals surface area contributed by atoms with E-state index in [1.165, 1.54) is 18.2 Å². The minimum atomic E-state index is -0.605. The van der Waals surface area contributed by atoms with E-state index in [9.17, 15) is 9.18 Å². The number of aromatic amines is 1. The molecule has 0 unspecified atom stereocenters. The van der Waals surface area contributed by atoms with Gasteiger partial charge in [0.15, 0.2) is 11.3 Å². The van der Waals surface area contributed by atoms with E-state index >= 15 is 0 Å². The van der Waals surface area contributed by atoms with E-state index in [-0.39, 0.29) is 17.1 Å². The van der Waals surface area contributed by atoms with Crippen LogP contribution in [0.1, 0.15) is 17.8 Å². The van der Waals surface area contributed by atoms with Crippen LogP contribution in [0.25, 0.3) is 22.5 Å². The minimum Gasteiger partial charge on any atom is -0.380 e. The number of ether oxygens (including phenoxy) is 1. The molecule has 0 saturated carbocycles. The molecule has 28 heavy (non-hydrogen) atoms. The summed E-state index contributed by atoms with van der Waals surface area (Å²) in [7, 11) is 0. The average Bonchev–Trinajstić information content (AvgIpc) is 3.39. The molecule has 7 heteroatoms. The zero-order valence-corrected chi connectivity index (χ0v) is 14.8. The molecule has 2 aromatic carbocycles. The second kappa shape index (κ2) is 6.38. The van der Waals surface area contributed by atoms with Crippen molar-refractivity contribution in [1.29, 1.82) is 0 Å². The molecule has 0 bridgehead atoms. The highest BCUT2D eigenvalue weighted by Gasteiger charge is 2.43. The summed E-state index contributed by atoms with van der Waals surface area (Å²) in [6.45, 7) is 0.930. The van der Waals surface area contributed by atoms with Gasteiger partial charge in [0.25, 0.3) is 5.89 Å². The molecule has 0 radical (unpaired) electrons. The Hall–Kier alpha value is -3.32. The van der Waals surface area contributed by atoms with Gasteiger partial charge in [-0.3, -0.25) is 4.79 Å². The molecule has 3 heterocycles. The second-order valence-corrected chi connectivity index (χ2v) is 6.91. The molecule has 0 aliphatic carbocycles. The molecule has 6 nitrogen and oxygen atoms in total. The average molecular weight is 377 g/mol. The van der Waals surface area contributed by atoms with Gasteiger partial charge in [-0.05, 0) is 36.2 Å². The van der Waals surface area contributed by atoms with Gasteiger partial charge in [0.1, 0.15) is 11.5 Å². The molecule has 1 aliphatic rings. The van der Waals surface area contributed by atoms with Crippen molar-refractivity contribution in [2.24, 2.45) is 0 Å². The summed E-state index contributed by atoms with van der Waals surface area (Å²) in [6, 6.07) is 15.0. The lowest BCUT2D eigenvalue weighted by Crippen LogP contribution is -2.29. The standard InChI is InChI=1S/C21H16FN3O3/c22-14-7-5-13(6-8-14)21(9-10-27-12-21)20-24-19(28-25-20)17-11-18(26)15-3-1-2-4-16(15)23-17/h1-8,11H,9-10,12H2,(H,23,26)/t21-/m1/s1. The van der Waals surface area contributed by atoms with Gasteiger partial charge < -0.3 is 14.2 Å². The first kappa shape index (κ1) is 16.8. The summed E-state index contributed by atoms with van der Waals surface area (Å²) in [5.41, 5.74) is 1.29. The Bertz CT molecular complexity index is 1210. The van der Waals surface area contributed by atoms with Crippen LogP contribution in [-0.4, -0.2) is 28.3 Å². The molecule has 1 atom stereocenters. The highest BCUT2D eigenvalue weighted by atomic mass is 19.1. The number of pyridine rings is 1. The van der Waals surface area contributed by atoms with Crippen LogP contribution < -0.4 is 5.43 Å². The quantitative estimate of drug-likeness (QED) is 0.592. The van der Waals surface area contributed by atoms with Gasteiger partial charge in [0, 0.05) is 23.6 Å². The fourth-order valence-electron chi connectivity index (χ4n) is 3.71. The van der Waals surface area contributed by atoms with Gasteiger partial charge in [-0.15, -0.1) is 0 Å². The van der Waals surface area contributed by atoms with Crippen molar-refractivity contribution >= 4 is 10.9 Å². The first-order valence-corrected chi connectivity index (χ1v) is 8.96. The van der Waals surface area contributed by atoms with Crippen LogP contribution in [-0.2, 0) is 10.2 Å². The van der Waals surface area contributed by atoms with Crippen molar-refractivity contribution in [1.82, 2.24) is 15.1 Å². The smallest absolute Gasteiger partial charge is 0.274 e. The fraction of sp³-hybridized carbons (Fsp3) is 0.190. The van der Waals surface area contributed by atoms with Gasteiger partial charge >= 0.3 is 0 Å². The van der Waals surface area contributed by atoms with E-state index in [1.54, 1.807) is 18.2 Å². The molecular weight excluding hydrogens is 361 g/mol. The molecule has 4 aromatic rings. The highest BCUT2D eigenvalue weighted by molar-refractivity contribution is 5.80.